The Morgan fingerprint density at radius 1 is 1.04 bits per heavy atom. The van der Waals surface area contributed by atoms with E-state index in [0.29, 0.717) is 5.15 Å². The van der Waals surface area contributed by atoms with E-state index in [4.69, 9.17) is 11.6 Å². The molecule has 0 saturated carbocycles. The summed E-state index contributed by atoms with van der Waals surface area (Å²) in [6, 6.07) is 7.94. The number of aryl methyl sites for hydroxylation is 1. The summed E-state index contributed by atoms with van der Waals surface area (Å²) < 4.78 is 0. The highest BCUT2D eigenvalue weighted by Crippen LogP contribution is 2.05. The van der Waals surface area contributed by atoms with Crippen LogP contribution in [0, 0.1) is 6.92 Å². The molecule has 0 aliphatic carbocycles. The Morgan fingerprint density at radius 3 is 2.40 bits per heavy atom. The number of aliphatic imine (C=N–C) groups is 1. The molecule has 2 heterocycles. The van der Waals surface area contributed by atoms with Crippen LogP contribution in [-0.4, -0.2) is 35.6 Å². The smallest absolute Gasteiger partial charge is 0.191 e. The molecule has 7 heteroatoms. The Morgan fingerprint density at radius 2 is 1.76 bits per heavy atom. The molecule has 2 rings (SSSR count). The Labute approximate surface area is 171 Å². The number of nitrogens with one attached hydrogen (secondary N) is 2. The van der Waals surface area contributed by atoms with Crippen molar-refractivity contribution in [1.82, 2.24) is 20.6 Å². The molecule has 0 aromatic carbocycles. The summed E-state index contributed by atoms with van der Waals surface area (Å²) in [5, 5.41) is 7.12. The van der Waals surface area contributed by atoms with E-state index < -0.39 is 0 Å². The van der Waals surface area contributed by atoms with Gasteiger partial charge in [0.25, 0.3) is 0 Å². The van der Waals surface area contributed by atoms with Gasteiger partial charge in [-0.2, -0.15) is 0 Å². The first-order chi connectivity index (χ1) is 11.7. The molecule has 0 amide bonds. The van der Waals surface area contributed by atoms with Gasteiger partial charge in [0.2, 0.25) is 0 Å². The minimum absolute atomic E-state index is 0. The van der Waals surface area contributed by atoms with E-state index in [1.54, 1.807) is 6.20 Å². The fourth-order valence-corrected chi connectivity index (χ4v) is 2.28. The van der Waals surface area contributed by atoms with E-state index in [1.807, 2.05) is 31.3 Å². The third-order valence-corrected chi connectivity index (χ3v) is 3.71. The Bertz CT molecular complexity index is 644. The van der Waals surface area contributed by atoms with Gasteiger partial charge in [-0.1, -0.05) is 23.7 Å². The maximum absolute atomic E-state index is 5.79. The number of hydrogen-bond acceptors (Lipinski definition) is 3. The zero-order valence-electron chi connectivity index (χ0n) is 14.6. The van der Waals surface area contributed by atoms with E-state index in [1.165, 1.54) is 5.56 Å². The van der Waals surface area contributed by atoms with Gasteiger partial charge in [0.1, 0.15) is 5.15 Å². The highest BCUT2D eigenvalue weighted by molar-refractivity contribution is 14.0. The maximum Gasteiger partial charge on any atom is 0.191 e. The molecule has 0 spiro atoms. The standard InChI is InChI=1S/C18H24ClN5.HI/c1-3-20-18(21-10-8-15-5-4-14(2)23-12-15)22-11-9-16-6-7-17(19)24-13-16;/h4-7,12-13H,3,8-11H2,1-2H3,(H2,20,21,22);1H. The van der Waals surface area contributed by atoms with Crippen molar-refractivity contribution in [3.05, 3.63) is 58.6 Å². The molecule has 5 nitrogen and oxygen atoms in total. The number of aromatic nitrogens is 2. The molecular formula is C18H25ClIN5. The lowest BCUT2D eigenvalue weighted by molar-refractivity contribution is 0.794. The molecule has 0 saturated heterocycles. The Hall–Kier alpha value is -1.41. The van der Waals surface area contributed by atoms with Crippen molar-refractivity contribution < 1.29 is 0 Å². The van der Waals surface area contributed by atoms with Crippen LogP contribution in [0.4, 0.5) is 0 Å². The molecule has 0 radical (unpaired) electrons. The highest BCUT2D eigenvalue weighted by Gasteiger charge is 1.99. The van der Waals surface area contributed by atoms with Gasteiger partial charge in [0.05, 0.1) is 0 Å². The van der Waals surface area contributed by atoms with Crippen LogP contribution in [0.3, 0.4) is 0 Å². The normalized spacial score (nSPS) is 10.9. The minimum Gasteiger partial charge on any atom is -0.357 e. The second-order valence-electron chi connectivity index (χ2n) is 5.48. The summed E-state index contributed by atoms with van der Waals surface area (Å²) in [7, 11) is 0. The van der Waals surface area contributed by atoms with Crippen LogP contribution in [0.5, 0.6) is 0 Å². The predicted octanol–water partition coefficient (Wildman–Crippen LogP) is 3.40. The first kappa shape index (κ1) is 21.6. The molecule has 136 valence electrons. The van der Waals surface area contributed by atoms with Crippen molar-refractivity contribution in [3.8, 4) is 0 Å². The summed E-state index contributed by atoms with van der Waals surface area (Å²) in [5.74, 6) is 0.833. The van der Waals surface area contributed by atoms with Gasteiger partial charge >= 0.3 is 0 Å². The minimum atomic E-state index is 0. The van der Waals surface area contributed by atoms with Crippen LogP contribution in [0.1, 0.15) is 23.7 Å². The van der Waals surface area contributed by atoms with E-state index >= 15 is 0 Å². The van der Waals surface area contributed by atoms with Crippen LogP contribution in [-0.2, 0) is 12.8 Å². The van der Waals surface area contributed by atoms with Crippen molar-refractivity contribution in [2.75, 3.05) is 19.6 Å². The molecule has 2 aromatic rings. The lowest BCUT2D eigenvalue weighted by atomic mass is 10.2. The fraction of sp³-hybridized carbons (Fsp3) is 0.389. The molecule has 0 atom stereocenters. The van der Waals surface area contributed by atoms with Gasteiger partial charge in [-0.25, -0.2) is 4.98 Å². The third-order valence-electron chi connectivity index (χ3n) is 3.48. The van der Waals surface area contributed by atoms with Crippen molar-refractivity contribution in [2.45, 2.75) is 26.7 Å². The Kier molecular flexibility index (Phi) is 10.4. The van der Waals surface area contributed by atoms with E-state index in [0.717, 1.165) is 49.7 Å². The SMILES string of the molecule is CCNC(=NCCc1ccc(C)nc1)NCCc1ccc(Cl)nc1.I. The molecule has 0 fully saturated rings. The van der Waals surface area contributed by atoms with Crippen LogP contribution in [0.2, 0.25) is 5.15 Å². The third kappa shape index (κ3) is 8.49. The molecule has 0 aliphatic rings. The predicted molar refractivity (Wildman–Crippen MR) is 115 cm³/mol. The zero-order chi connectivity index (χ0) is 17.2. The molecule has 2 N–H and O–H groups in total. The molecular weight excluding hydrogens is 449 g/mol. The molecule has 0 bridgehead atoms. The lowest BCUT2D eigenvalue weighted by Gasteiger charge is -2.11. The topological polar surface area (TPSA) is 62.2 Å². The summed E-state index contributed by atoms with van der Waals surface area (Å²) >= 11 is 5.79. The number of nitrogens with zero attached hydrogens (tertiary/aromatic N) is 3. The van der Waals surface area contributed by atoms with Gasteiger partial charge in [0, 0.05) is 37.7 Å². The average Bonchev–Trinajstić information content (AvgIpc) is 2.58. The van der Waals surface area contributed by atoms with E-state index in [9.17, 15) is 0 Å². The van der Waals surface area contributed by atoms with Crippen LogP contribution < -0.4 is 10.6 Å². The highest BCUT2D eigenvalue weighted by atomic mass is 127. The van der Waals surface area contributed by atoms with Crippen LogP contribution >= 0.6 is 35.6 Å². The van der Waals surface area contributed by atoms with Crippen LogP contribution in [0.25, 0.3) is 0 Å². The lowest BCUT2D eigenvalue weighted by Crippen LogP contribution is -2.38. The maximum atomic E-state index is 5.79. The number of halogens is 2. The van der Waals surface area contributed by atoms with Gasteiger partial charge in [-0.05, 0) is 49.9 Å². The summed E-state index contributed by atoms with van der Waals surface area (Å²) in [6.07, 6.45) is 5.47. The monoisotopic (exact) mass is 473 g/mol. The summed E-state index contributed by atoms with van der Waals surface area (Å²) in [4.78, 5) is 13.0. The molecule has 2 aromatic heterocycles. The van der Waals surface area contributed by atoms with Crippen molar-refractivity contribution in [2.24, 2.45) is 4.99 Å². The summed E-state index contributed by atoms with van der Waals surface area (Å²) in [5.41, 5.74) is 3.38. The van der Waals surface area contributed by atoms with Gasteiger partial charge in [0.15, 0.2) is 5.96 Å². The van der Waals surface area contributed by atoms with Crippen molar-refractivity contribution in [3.63, 3.8) is 0 Å². The van der Waals surface area contributed by atoms with Crippen LogP contribution in [0.15, 0.2) is 41.7 Å². The molecule has 25 heavy (non-hydrogen) atoms. The van der Waals surface area contributed by atoms with Gasteiger partial charge in [-0.3, -0.25) is 9.98 Å². The molecule has 0 aliphatic heterocycles. The van der Waals surface area contributed by atoms with Crippen molar-refractivity contribution >= 4 is 41.5 Å². The van der Waals surface area contributed by atoms with Gasteiger partial charge < -0.3 is 10.6 Å². The fourth-order valence-electron chi connectivity index (χ4n) is 2.16. The Balaban J connectivity index is 0.00000312. The quantitative estimate of drug-likeness (QED) is 0.280. The number of rotatable bonds is 7. The zero-order valence-corrected chi connectivity index (χ0v) is 17.7. The second-order valence-corrected chi connectivity index (χ2v) is 5.87. The number of pyridine rings is 2. The van der Waals surface area contributed by atoms with E-state index in [-0.39, 0.29) is 24.0 Å². The first-order valence-corrected chi connectivity index (χ1v) is 8.59. The second kappa shape index (κ2) is 12.0. The molecule has 0 unspecified atom stereocenters. The number of hydrogen-bond donors (Lipinski definition) is 2. The first-order valence-electron chi connectivity index (χ1n) is 8.21. The largest absolute Gasteiger partial charge is 0.357 e. The number of guanidine groups is 1. The van der Waals surface area contributed by atoms with E-state index in [2.05, 4.69) is 38.6 Å². The van der Waals surface area contributed by atoms with Gasteiger partial charge in [-0.15, -0.1) is 24.0 Å². The summed E-state index contributed by atoms with van der Waals surface area (Å²) in [6.45, 7) is 6.40. The average molecular weight is 474 g/mol. The van der Waals surface area contributed by atoms with Crippen molar-refractivity contribution in [1.29, 1.82) is 0 Å².